The highest BCUT2D eigenvalue weighted by molar-refractivity contribution is 7.98. The second-order valence-electron chi connectivity index (χ2n) is 5.56. The molecule has 0 aliphatic heterocycles. The van der Waals surface area contributed by atoms with Crippen LogP contribution in [0.2, 0.25) is 5.15 Å². The lowest BCUT2D eigenvalue weighted by Gasteiger charge is -2.11. The molecular weight excluding hydrogens is 342 g/mol. The van der Waals surface area contributed by atoms with E-state index in [2.05, 4.69) is 16.4 Å². The number of nitriles is 1. The summed E-state index contributed by atoms with van der Waals surface area (Å²) >= 11 is 7.49. The normalized spacial score (nSPS) is 14.1. The largest absolute Gasteiger partial charge is 0.357 e. The van der Waals surface area contributed by atoms with Gasteiger partial charge in [-0.15, -0.1) is 11.8 Å². The number of aromatic nitrogens is 1. The van der Waals surface area contributed by atoms with Crippen LogP contribution in [-0.4, -0.2) is 17.0 Å². The molecule has 0 atom stereocenters. The number of nitrogens with zero attached hydrogens (tertiary/aromatic N) is 1. The fraction of sp³-hybridized carbons (Fsp3) is 0.222. The van der Waals surface area contributed by atoms with E-state index in [9.17, 15) is 4.79 Å². The van der Waals surface area contributed by atoms with Crippen LogP contribution in [0.4, 0.5) is 5.69 Å². The van der Waals surface area contributed by atoms with Gasteiger partial charge < -0.3 is 10.3 Å². The van der Waals surface area contributed by atoms with Crippen LogP contribution in [0, 0.1) is 11.3 Å². The minimum atomic E-state index is 0.176. The fourth-order valence-corrected chi connectivity index (χ4v) is 3.63. The van der Waals surface area contributed by atoms with E-state index in [0.717, 1.165) is 27.4 Å². The summed E-state index contributed by atoms with van der Waals surface area (Å²) in [7, 11) is 0. The Hall–Kier alpha value is -2.16. The van der Waals surface area contributed by atoms with Crippen molar-refractivity contribution >= 4 is 34.8 Å². The van der Waals surface area contributed by atoms with E-state index in [1.807, 2.05) is 18.4 Å². The zero-order valence-corrected chi connectivity index (χ0v) is 14.7. The van der Waals surface area contributed by atoms with Gasteiger partial charge in [-0.2, -0.15) is 5.26 Å². The highest BCUT2D eigenvalue weighted by Gasteiger charge is 2.24. The molecule has 3 rings (SSSR count). The molecule has 24 heavy (non-hydrogen) atoms. The average molecular weight is 358 g/mol. The number of H-pyrrole nitrogens is 1. The molecule has 0 fully saturated rings. The topological polar surface area (TPSA) is 68.7 Å². The minimum absolute atomic E-state index is 0.176. The number of carbonyl (C=O) groups excluding carboxylic acids is 1. The van der Waals surface area contributed by atoms with Crippen molar-refractivity contribution in [3.05, 3.63) is 58.0 Å². The summed E-state index contributed by atoms with van der Waals surface area (Å²) < 4.78 is 0. The van der Waals surface area contributed by atoms with E-state index in [1.165, 1.54) is 0 Å². The van der Waals surface area contributed by atoms with Gasteiger partial charge in [0.15, 0.2) is 5.78 Å². The molecule has 0 spiro atoms. The van der Waals surface area contributed by atoms with Crippen LogP contribution in [0.25, 0.3) is 0 Å². The van der Waals surface area contributed by atoms with E-state index >= 15 is 0 Å². The Kier molecular flexibility index (Phi) is 4.98. The Morgan fingerprint density at radius 2 is 2.21 bits per heavy atom. The molecule has 1 heterocycles. The van der Waals surface area contributed by atoms with E-state index in [0.29, 0.717) is 30.0 Å². The molecule has 122 valence electrons. The van der Waals surface area contributed by atoms with Gasteiger partial charge in [-0.05, 0) is 36.4 Å². The maximum absolute atomic E-state index is 12.3. The van der Waals surface area contributed by atoms with E-state index < -0.39 is 0 Å². The van der Waals surface area contributed by atoms with Crippen molar-refractivity contribution in [1.82, 2.24) is 4.98 Å². The van der Waals surface area contributed by atoms with Crippen LogP contribution in [-0.2, 0) is 11.2 Å². The predicted molar refractivity (Wildman–Crippen MR) is 97.3 cm³/mol. The molecule has 0 amide bonds. The third kappa shape index (κ3) is 3.50. The van der Waals surface area contributed by atoms with Gasteiger partial charge in [-0.1, -0.05) is 17.7 Å². The smallest absolute Gasteiger partial charge is 0.161 e. The van der Waals surface area contributed by atoms with Crippen LogP contribution < -0.4 is 5.32 Å². The summed E-state index contributed by atoms with van der Waals surface area (Å²) in [6, 6.07) is 9.56. The SMILES string of the molecule is CSc1cc(C#N)ccc1CC1=C(Nc2c[nH]c(Cl)c2)CCC1=O. The summed E-state index contributed by atoms with van der Waals surface area (Å²) in [4.78, 5) is 16.3. The summed E-state index contributed by atoms with van der Waals surface area (Å²) in [5, 5.41) is 12.9. The molecule has 0 unspecified atom stereocenters. The number of rotatable bonds is 5. The first-order valence-electron chi connectivity index (χ1n) is 7.54. The van der Waals surface area contributed by atoms with Crippen LogP contribution in [0.1, 0.15) is 24.0 Å². The van der Waals surface area contributed by atoms with Gasteiger partial charge in [0.25, 0.3) is 0 Å². The Bertz CT molecular complexity index is 863. The zero-order valence-electron chi connectivity index (χ0n) is 13.1. The van der Waals surface area contributed by atoms with Gasteiger partial charge >= 0.3 is 0 Å². The van der Waals surface area contributed by atoms with E-state index in [-0.39, 0.29) is 5.78 Å². The molecule has 2 aromatic rings. The molecular formula is C18H16ClN3OS. The maximum atomic E-state index is 12.3. The van der Waals surface area contributed by atoms with E-state index in [1.54, 1.807) is 30.1 Å². The van der Waals surface area contributed by atoms with Crippen LogP contribution in [0.15, 0.2) is 46.6 Å². The van der Waals surface area contributed by atoms with Crippen LogP contribution in [0.5, 0.6) is 0 Å². The Morgan fingerprint density at radius 1 is 1.38 bits per heavy atom. The summed E-state index contributed by atoms with van der Waals surface area (Å²) in [6.45, 7) is 0. The number of benzene rings is 1. The van der Waals surface area contributed by atoms with Gasteiger partial charge in [0.1, 0.15) is 5.15 Å². The van der Waals surface area contributed by atoms with E-state index in [4.69, 9.17) is 16.9 Å². The lowest BCUT2D eigenvalue weighted by Crippen LogP contribution is -2.05. The van der Waals surface area contributed by atoms with Crippen molar-refractivity contribution in [3.8, 4) is 6.07 Å². The second kappa shape index (κ2) is 7.16. The van der Waals surface area contributed by atoms with Crippen molar-refractivity contribution in [3.63, 3.8) is 0 Å². The molecule has 6 heteroatoms. The number of halogens is 1. The second-order valence-corrected chi connectivity index (χ2v) is 6.81. The first kappa shape index (κ1) is 16.7. The maximum Gasteiger partial charge on any atom is 0.161 e. The molecule has 2 N–H and O–H groups in total. The van der Waals surface area contributed by atoms with Crippen LogP contribution in [0.3, 0.4) is 0 Å². The van der Waals surface area contributed by atoms with Crippen molar-refractivity contribution in [1.29, 1.82) is 5.26 Å². The number of ketones is 1. The first-order chi connectivity index (χ1) is 11.6. The Morgan fingerprint density at radius 3 is 2.88 bits per heavy atom. The number of hydrogen-bond acceptors (Lipinski definition) is 4. The summed E-state index contributed by atoms with van der Waals surface area (Å²) in [6.07, 6.45) is 5.57. The molecule has 0 radical (unpaired) electrons. The molecule has 1 aromatic carbocycles. The van der Waals surface area contributed by atoms with Crippen molar-refractivity contribution in [2.45, 2.75) is 24.2 Å². The first-order valence-corrected chi connectivity index (χ1v) is 9.14. The molecule has 1 aromatic heterocycles. The molecule has 0 saturated heterocycles. The van der Waals surface area contributed by atoms with Gasteiger partial charge in [0.2, 0.25) is 0 Å². The fourth-order valence-electron chi connectivity index (χ4n) is 2.82. The molecule has 1 aliphatic rings. The predicted octanol–water partition coefficient (Wildman–Crippen LogP) is 4.53. The highest BCUT2D eigenvalue weighted by Crippen LogP contribution is 2.31. The Labute approximate surface area is 149 Å². The van der Waals surface area contributed by atoms with Gasteiger partial charge in [-0.3, -0.25) is 4.79 Å². The number of thioether (sulfide) groups is 1. The number of aromatic amines is 1. The number of Topliss-reactive ketones (excluding diaryl/α,β-unsaturated/α-hetero) is 1. The quantitative estimate of drug-likeness (QED) is 0.771. The molecule has 4 nitrogen and oxygen atoms in total. The Balaban J connectivity index is 1.89. The van der Waals surface area contributed by atoms with Crippen molar-refractivity contribution in [2.75, 3.05) is 11.6 Å². The highest BCUT2D eigenvalue weighted by atomic mass is 35.5. The molecule has 0 bridgehead atoms. The van der Waals surface area contributed by atoms with Crippen molar-refractivity contribution in [2.24, 2.45) is 0 Å². The number of hydrogen-bond donors (Lipinski definition) is 2. The average Bonchev–Trinajstić information content (AvgIpc) is 3.15. The standard InChI is InChI=1S/C18H16ClN3OS/c1-24-17-6-11(9-20)2-3-12(17)7-14-15(4-5-16(14)23)22-13-8-18(19)21-10-13/h2-3,6,8,10,21-22H,4-5,7H2,1H3. The summed E-state index contributed by atoms with van der Waals surface area (Å²) in [5.41, 5.74) is 4.32. The molecule has 0 saturated carbocycles. The zero-order chi connectivity index (χ0) is 17.1. The van der Waals surface area contributed by atoms with Gasteiger partial charge in [0, 0.05) is 35.2 Å². The monoisotopic (exact) mass is 357 g/mol. The number of anilines is 1. The lowest BCUT2D eigenvalue weighted by atomic mass is 10.0. The minimum Gasteiger partial charge on any atom is -0.357 e. The third-order valence-corrected chi connectivity index (χ3v) is 5.07. The number of allylic oxidation sites excluding steroid dienone is 2. The molecule has 1 aliphatic carbocycles. The number of nitrogens with one attached hydrogen (secondary N) is 2. The van der Waals surface area contributed by atoms with Gasteiger partial charge in [-0.25, -0.2) is 0 Å². The lowest BCUT2D eigenvalue weighted by molar-refractivity contribution is -0.115. The van der Waals surface area contributed by atoms with Gasteiger partial charge in [0.05, 0.1) is 17.3 Å². The third-order valence-electron chi connectivity index (χ3n) is 4.03. The van der Waals surface area contributed by atoms with Crippen LogP contribution >= 0.6 is 23.4 Å². The number of carbonyl (C=O) groups is 1. The van der Waals surface area contributed by atoms with Crippen molar-refractivity contribution < 1.29 is 4.79 Å². The summed E-state index contributed by atoms with van der Waals surface area (Å²) in [5.74, 6) is 0.176.